The van der Waals surface area contributed by atoms with Crippen molar-refractivity contribution in [3.8, 4) is 0 Å². The van der Waals surface area contributed by atoms with E-state index < -0.39 is 0 Å². The number of benzene rings is 1. The molecule has 1 nitrogen and oxygen atoms in total. The summed E-state index contributed by atoms with van der Waals surface area (Å²) in [6.07, 6.45) is 4.19. The lowest BCUT2D eigenvalue weighted by molar-refractivity contribution is 1.04. The first kappa shape index (κ1) is 10.0. The second-order valence-electron chi connectivity index (χ2n) is 3.30. The summed E-state index contributed by atoms with van der Waals surface area (Å²) in [5, 5.41) is 0. The maximum Gasteiger partial charge on any atom is 0.0186 e. The predicted octanol–water partition coefficient (Wildman–Crippen LogP) is 2.80. The summed E-state index contributed by atoms with van der Waals surface area (Å²) in [6.45, 7) is 6.87. The molecule has 0 aromatic heterocycles. The molecule has 0 aliphatic rings. The van der Waals surface area contributed by atoms with E-state index in [2.05, 4.69) is 38.1 Å². The molecule has 0 aliphatic carbocycles. The van der Waals surface area contributed by atoms with E-state index in [1.54, 1.807) is 0 Å². The van der Waals surface area contributed by atoms with Crippen LogP contribution in [0.25, 0.3) is 6.08 Å². The fourth-order valence-electron chi connectivity index (χ4n) is 1.56. The molecular weight excluding hydrogens is 158 g/mol. The Balaban J connectivity index is 3.34. The van der Waals surface area contributed by atoms with Crippen molar-refractivity contribution in [1.82, 2.24) is 0 Å². The molecule has 0 bridgehead atoms. The van der Waals surface area contributed by atoms with Gasteiger partial charge in [0.05, 0.1) is 0 Å². The summed E-state index contributed by atoms with van der Waals surface area (Å²) in [6, 6.07) is 4.27. The minimum atomic E-state index is 0.618. The first-order chi connectivity index (χ1) is 6.20. The first-order valence-electron chi connectivity index (χ1n) is 4.62. The van der Waals surface area contributed by atoms with Crippen LogP contribution in [-0.2, 0) is 6.54 Å². The van der Waals surface area contributed by atoms with Crippen molar-refractivity contribution < 1.29 is 0 Å². The van der Waals surface area contributed by atoms with Crippen LogP contribution >= 0.6 is 0 Å². The van der Waals surface area contributed by atoms with E-state index in [-0.39, 0.29) is 0 Å². The molecule has 0 fully saturated rings. The van der Waals surface area contributed by atoms with E-state index >= 15 is 0 Å². The van der Waals surface area contributed by atoms with Gasteiger partial charge in [-0.2, -0.15) is 0 Å². The average molecular weight is 175 g/mol. The minimum absolute atomic E-state index is 0.618. The van der Waals surface area contributed by atoms with Crippen LogP contribution in [0.4, 0.5) is 0 Å². The van der Waals surface area contributed by atoms with Gasteiger partial charge in [-0.3, -0.25) is 0 Å². The van der Waals surface area contributed by atoms with Gasteiger partial charge in [0.2, 0.25) is 0 Å². The van der Waals surface area contributed by atoms with Crippen LogP contribution in [0.1, 0.15) is 29.2 Å². The zero-order valence-corrected chi connectivity index (χ0v) is 8.59. The molecule has 0 aliphatic heterocycles. The van der Waals surface area contributed by atoms with Gasteiger partial charge in [0.1, 0.15) is 0 Å². The largest absolute Gasteiger partial charge is 0.326 e. The third-order valence-electron chi connectivity index (χ3n) is 2.35. The highest BCUT2D eigenvalue weighted by Crippen LogP contribution is 2.19. The van der Waals surface area contributed by atoms with Gasteiger partial charge in [0, 0.05) is 6.54 Å². The zero-order chi connectivity index (χ0) is 9.84. The highest BCUT2D eigenvalue weighted by molar-refractivity contribution is 5.59. The van der Waals surface area contributed by atoms with Crippen LogP contribution < -0.4 is 5.73 Å². The molecule has 1 rings (SSSR count). The van der Waals surface area contributed by atoms with Crippen molar-refractivity contribution in [2.24, 2.45) is 5.73 Å². The standard InChI is InChI=1S/C12H17N/c1-4-5-11-9(2)6-7-10(3)12(11)8-13/h4-7H,8,13H2,1-3H3/b5-4-. The molecule has 0 atom stereocenters. The molecule has 70 valence electrons. The summed E-state index contributed by atoms with van der Waals surface area (Å²) < 4.78 is 0. The number of aryl methyl sites for hydroxylation is 2. The first-order valence-corrected chi connectivity index (χ1v) is 4.62. The van der Waals surface area contributed by atoms with Crippen molar-refractivity contribution in [3.63, 3.8) is 0 Å². The van der Waals surface area contributed by atoms with E-state index in [1.807, 2.05) is 6.92 Å². The fourth-order valence-corrected chi connectivity index (χ4v) is 1.56. The second kappa shape index (κ2) is 4.24. The number of hydrogen-bond donors (Lipinski definition) is 1. The summed E-state index contributed by atoms with van der Waals surface area (Å²) >= 11 is 0. The third-order valence-corrected chi connectivity index (χ3v) is 2.35. The molecule has 2 N–H and O–H groups in total. The molecule has 0 saturated carbocycles. The Morgan fingerprint density at radius 2 is 1.85 bits per heavy atom. The molecule has 0 radical (unpaired) electrons. The lowest BCUT2D eigenvalue weighted by atomic mass is 9.97. The van der Waals surface area contributed by atoms with Gasteiger partial charge in [-0.15, -0.1) is 0 Å². The third kappa shape index (κ3) is 1.99. The Morgan fingerprint density at radius 3 is 2.38 bits per heavy atom. The Kier molecular flexibility index (Phi) is 3.26. The SMILES string of the molecule is C/C=C\c1c(C)ccc(C)c1CN. The predicted molar refractivity (Wildman–Crippen MR) is 58.5 cm³/mol. The molecule has 0 saturated heterocycles. The van der Waals surface area contributed by atoms with Gasteiger partial charge in [0.15, 0.2) is 0 Å². The smallest absolute Gasteiger partial charge is 0.0186 e. The Bertz CT molecular complexity index is 324. The Hall–Kier alpha value is -1.08. The van der Waals surface area contributed by atoms with Crippen molar-refractivity contribution in [2.75, 3.05) is 0 Å². The van der Waals surface area contributed by atoms with Crippen LogP contribution in [0.5, 0.6) is 0 Å². The van der Waals surface area contributed by atoms with Crippen molar-refractivity contribution in [1.29, 1.82) is 0 Å². The van der Waals surface area contributed by atoms with Crippen LogP contribution in [0.3, 0.4) is 0 Å². The molecule has 0 unspecified atom stereocenters. The van der Waals surface area contributed by atoms with Gasteiger partial charge in [-0.05, 0) is 43.0 Å². The molecule has 0 amide bonds. The lowest BCUT2D eigenvalue weighted by Gasteiger charge is -2.10. The minimum Gasteiger partial charge on any atom is -0.326 e. The lowest BCUT2D eigenvalue weighted by Crippen LogP contribution is -2.03. The number of allylic oxidation sites excluding steroid dienone is 1. The van der Waals surface area contributed by atoms with Gasteiger partial charge < -0.3 is 5.73 Å². The molecule has 1 aromatic carbocycles. The van der Waals surface area contributed by atoms with Crippen molar-refractivity contribution >= 4 is 6.08 Å². The van der Waals surface area contributed by atoms with E-state index in [0.717, 1.165) is 0 Å². The zero-order valence-electron chi connectivity index (χ0n) is 8.59. The maximum absolute atomic E-state index is 5.72. The molecule has 1 heteroatoms. The second-order valence-corrected chi connectivity index (χ2v) is 3.30. The highest BCUT2D eigenvalue weighted by Gasteiger charge is 2.03. The molecular formula is C12H17N. The molecule has 0 spiro atoms. The highest BCUT2D eigenvalue weighted by atomic mass is 14.5. The number of nitrogens with two attached hydrogens (primary N) is 1. The van der Waals surface area contributed by atoms with Gasteiger partial charge in [-0.25, -0.2) is 0 Å². The van der Waals surface area contributed by atoms with Crippen LogP contribution in [0.2, 0.25) is 0 Å². The topological polar surface area (TPSA) is 26.0 Å². The Labute approximate surface area is 80.3 Å². The molecule has 13 heavy (non-hydrogen) atoms. The van der Waals surface area contributed by atoms with Crippen molar-refractivity contribution in [2.45, 2.75) is 27.3 Å². The van der Waals surface area contributed by atoms with E-state index in [9.17, 15) is 0 Å². The van der Waals surface area contributed by atoms with Gasteiger partial charge >= 0.3 is 0 Å². The number of rotatable bonds is 2. The molecule has 0 heterocycles. The van der Waals surface area contributed by atoms with Gasteiger partial charge in [0.25, 0.3) is 0 Å². The summed E-state index contributed by atoms with van der Waals surface area (Å²) in [5.74, 6) is 0. The van der Waals surface area contributed by atoms with E-state index in [1.165, 1.54) is 22.3 Å². The average Bonchev–Trinajstić information content (AvgIpc) is 2.12. The fraction of sp³-hybridized carbons (Fsp3) is 0.333. The van der Waals surface area contributed by atoms with Crippen LogP contribution in [-0.4, -0.2) is 0 Å². The van der Waals surface area contributed by atoms with Crippen LogP contribution in [0, 0.1) is 13.8 Å². The normalized spacial score (nSPS) is 11.1. The summed E-state index contributed by atoms with van der Waals surface area (Å²) in [4.78, 5) is 0. The quantitative estimate of drug-likeness (QED) is 0.735. The van der Waals surface area contributed by atoms with Gasteiger partial charge in [-0.1, -0.05) is 24.3 Å². The Morgan fingerprint density at radius 1 is 1.23 bits per heavy atom. The molecule has 1 aromatic rings. The van der Waals surface area contributed by atoms with Crippen molar-refractivity contribution in [3.05, 3.63) is 40.5 Å². The maximum atomic E-state index is 5.72. The number of hydrogen-bond acceptors (Lipinski definition) is 1. The van der Waals surface area contributed by atoms with E-state index in [0.29, 0.717) is 6.54 Å². The monoisotopic (exact) mass is 175 g/mol. The van der Waals surface area contributed by atoms with E-state index in [4.69, 9.17) is 5.73 Å². The summed E-state index contributed by atoms with van der Waals surface area (Å²) in [5.41, 5.74) is 10.8. The van der Waals surface area contributed by atoms with Crippen LogP contribution in [0.15, 0.2) is 18.2 Å². The summed E-state index contributed by atoms with van der Waals surface area (Å²) in [7, 11) is 0.